The van der Waals surface area contributed by atoms with E-state index in [9.17, 15) is 0 Å². The summed E-state index contributed by atoms with van der Waals surface area (Å²) in [5.41, 5.74) is 2.37. The summed E-state index contributed by atoms with van der Waals surface area (Å²) in [7, 11) is 0. The Bertz CT molecular complexity index is 485. The highest BCUT2D eigenvalue weighted by Crippen LogP contribution is 2.18. The topological polar surface area (TPSA) is 93.7 Å². The molecular weight excluding hydrogens is 254 g/mol. The Hall–Kier alpha value is -1.86. The van der Waals surface area contributed by atoms with Crippen LogP contribution in [0.15, 0.2) is 24.7 Å². The van der Waals surface area contributed by atoms with Crippen molar-refractivity contribution in [1.29, 1.82) is 0 Å². The lowest BCUT2D eigenvalue weighted by molar-refractivity contribution is 0.591. The van der Waals surface area contributed by atoms with E-state index in [1.807, 2.05) is 16.9 Å². The molecule has 8 heteroatoms. The molecule has 4 N–H and O–H groups in total. The molecule has 0 fully saturated rings. The van der Waals surface area contributed by atoms with Crippen LogP contribution in [0.5, 0.6) is 0 Å². The van der Waals surface area contributed by atoms with Gasteiger partial charge in [0.2, 0.25) is 5.95 Å². The Morgan fingerprint density at radius 1 is 1.44 bits per heavy atom. The van der Waals surface area contributed by atoms with E-state index < -0.39 is 0 Å². The van der Waals surface area contributed by atoms with Gasteiger partial charge in [0.05, 0.1) is 6.20 Å². The number of nitrogens with zero attached hydrogens (tertiary/aromatic N) is 4. The van der Waals surface area contributed by atoms with Crippen LogP contribution in [0.1, 0.15) is 6.42 Å². The van der Waals surface area contributed by atoms with Gasteiger partial charge in [-0.05, 0) is 12.5 Å². The van der Waals surface area contributed by atoms with Gasteiger partial charge in [0.25, 0.3) is 0 Å². The molecule has 0 atom stereocenters. The van der Waals surface area contributed by atoms with Gasteiger partial charge in [-0.3, -0.25) is 10.1 Å². The minimum absolute atomic E-state index is 0.328. The molecule has 7 nitrogen and oxygen atoms in total. The summed E-state index contributed by atoms with van der Waals surface area (Å²) in [4.78, 5) is 8.01. The first kappa shape index (κ1) is 12.6. The predicted octanol–water partition coefficient (Wildman–Crippen LogP) is 1.11. The zero-order valence-electron chi connectivity index (χ0n) is 9.67. The summed E-state index contributed by atoms with van der Waals surface area (Å²) >= 11 is 5.96. The number of anilines is 2. The molecule has 2 aromatic heterocycles. The minimum atomic E-state index is 0.328. The standard InChI is InChI=1S/C10H14ClN7/c11-8-7-14-10(17-12)16-9(8)13-3-1-5-18-6-2-4-15-18/h2,4,6-7H,1,3,5,12H2,(H2,13,14,16,17). The maximum absolute atomic E-state index is 5.96. The lowest BCUT2D eigenvalue weighted by atomic mass is 10.4. The van der Waals surface area contributed by atoms with E-state index in [-0.39, 0.29) is 0 Å². The Balaban J connectivity index is 1.82. The highest BCUT2D eigenvalue weighted by Gasteiger charge is 2.03. The SMILES string of the molecule is NNc1ncc(Cl)c(NCCCn2cccn2)n1. The molecule has 0 aliphatic rings. The molecular formula is C10H14ClN7. The number of nitrogens with one attached hydrogen (secondary N) is 2. The second kappa shape index (κ2) is 6.18. The number of aromatic nitrogens is 4. The Labute approximate surface area is 109 Å². The molecule has 0 aliphatic carbocycles. The van der Waals surface area contributed by atoms with Gasteiger partial charge in [0, 0.05) is 25.5 Å². The molecule has 0 saturated carbocycles. The summed E-state index contributed by atoms with van der Waals surface area (Å²) in [6, 6.07) is 1.90. The monoisotopic (exact) mass is 267 g/mol. The van der Waals surface area contributed by atoms with Crippen LogP contribution in [0.4, 0.5) is 11.8 Å². The van der Waals surface area contributed by atoms with Crippen molar-refractivity contribution in [2.24, 2.45) is 5.84 Å². The third-order valence-electron chi connectivity index (χ3n) is 2.29. The third kappa shape index (κ3) is 3.31. The van der Waals surface area contributed by atoms with E-state index in [0.717, 1.165) is 19.5 Å². The van der Waals surface area contributed by atoms with Crippen molar-refractivity contribution in [2.75, 3.05) is 17.3 Å². The van der Waals surface area contributed by atoms with Gasteiger partial charge in [-0.25, -0.2) is 10.8 Å². The van der Waals surface area contributed by atoms with Crippen LogP contribution in [-0.4, -0.2) is 26.3 Å². The fraction of sp³-hybridized carbons (Fsp3) is 0.300. The average Bonchev–Trinajstić information content (AvgIpc) is 2.89. The van der Waals surface area contributed by atoms with E-state index in [2.05, 4.69) is 25.8 Å². The quantitative estimate of drug-likeness (QED) is 0.412. The van der Waals surface area contributed by atoms with E-state index in [1.54, 1.807) is 6.20 Å². The van der Waals surface area contributed by atoms with Crippen molar-refractivity contribution in [2.45, 2.75) is 13.0 Å². The summed E-state index contributed by atoms with van der Waals surface area (Å²) in [5.74, 6) is 6.13. The van der Waals surface area contributed by atoms with E-state index >= 15 is 0 Å². The summed E-state index contributed by atoms with van der Waals surface area (Å²) in [6.45, 7) is 1.57. The smallest absolute Gasteiger partial charge is 0.239 e. The molecule has 2 heterocycles. The zero-order chi connectivity index (χ0) is 12.8. The first-order chi connectivity index (χ1) is 8.79. The zero-order valence-corrected chi connectivity index (χ0v) is 10.4. The van der Waals surface area contributed by atoms with Crippen LogP contribution < -0.4 is 16.6 Å². The minimum Gasteiger partial charge on any atom is -0.369 e. The van der Waals surface area contributed by atoms with Crippen LogP contribution >= 0.6 is 11.6 Å². The van der Waals surface area contributed by atoms with Gasteiger partial charge in [-0.2, -0.15) is 10.1 Å². The Morgan fingerprint density at radius 3 is 3.06 bits per heavy atom. The number of nitrogens with two attached hydrogens (primary N) is 1. The summed E-state index contributed by atoms with van der Waals surface area (Å²) in [5, 5.41) is 7.71. The number of aryl methyl sites for hydroxylation is 1. The molecule has 96 valence electrons. The number of hydrazine groups is 1. The van der Waals surface area contributed by atoms with Crippen molar-refractivity contribution in [3.63, 3.8) is 0 Å². The molecule has 0 radical (unpaired) electrons. The van der Waals surface area contributed by atoms with Crippen LogP contribution in [0, 0.1) is 0 Å². The normalized spacial score (nSPS) is 10.3. The molecule has 2 aromatic rings. The fourth-order valence-electron chi connectivity index (χ4n) is 1.44. The maximum atomic E-state index is 5.96. The van der Waals surface area contributed by atoms with Gasteiger partial charge >= 0.3 is 0 Å². The second-order valence-corrected chi connectivity index (χ2v) is 3.99. The van der Waals surface area contributed by atoms with Crippen molar-refractivity contribution in [1.82, 2.24) is 19.7 Å². The Morgan fingerprint density at radius 2 is 2.33 bits per heavy atom. The van der Waals surface area contributed by atoms with E-state index in [4.69, 9.17) is 17.4 Å². The fourth-order valence-corrected chi connectivity index (χ4v) is 1.60. The van der Waals surface area contributed by atoms with E-state index in [1.165, 1.54) is 6.20 Å². The molecule has 0 aromatic carbocycles. The first-order valence-electron chi connectivity index (χ1n) is 5.50. The largest absolute Gasteiger partial charge is 0.369 e. The van der Waals surface area contributed by atoms with E-state index in [0.29, 0.717) is 16.8 Å². The van der Waals surface area contributed by atoms with Crippen LogP contribution in [0.3, 0.4) is 0 Å². The molecule has 18 heavy (non-hydrogen) atoms. The van der Waals surface area contributed by atoms with Gasteiger partial charge < -0.3 is 5.32 Å². The highest BCUT2D eigenvalue weighted by atomic mass is 35.5. The number of hydrogen-bond acceptors (Lipinski definition) is 6. The first-order valence-corrected chi connectivity index (χ1v) is 5.88. The molecule has 0 bridgehead atoms. The van der Waals surface area contributed by atoms with Crippen molar-refractivity contribution < 1.29 is 0 Å². The number of halogens is 1. The predicted molar refractivity (Wildman–Crippen MR) is 70.2 cm³/mol. The van der Waals surface area contributed by atoms with Crippen molar-refractivity contribution in [3.8, 4) is 0 Å². The molecule has 2 rings (SSSR count). The summed E-state index contributed by atoms with van der Waals surface area (Å²) < 4.78 is 1.87. The molecule has 0 saturated heterocycles. The maximum Gasteiger partial charge on any atom is 0.239 e. The average molecular weight is 268 g/mol. The molecule has 0 spiro atoms. The third-order valence-corrected chi connectivity index (χ3v) is 2.57. The van der Waals surface area contributed by atoms with Crippen LogP contribution in [0.25, 0.3) is 0 Å². The van der Waals surface area contributed by atoms with Gasteiger partial charge in [-0.15, -0.1) is 0 Å². The Kier molecular flexibility index (Phi) is 4.32. The van der Waals surface area contributed by atoms with Crippen molar-refractivity contribution >= 4 is 23.4 Å². The molecule has 0 amide bonds. The van der Waals surface area contributed by atoms with Crippen LogP contribution in [0.2, 0.25) is 5.02 Å². The highest BCUT2D eigenvalue weighted by molar-refractivity contribution is 6.32. The van der Waals surface area contributed by atoms with Gasteiger partial charge in [0.1, 0.15) is 5.02 Å². The number of nitrogen functional groups attached to an aromatic ring is 1. The number of hydrogen-bond donors (Lipinski definition) is 3. The number of rotatable bonds is 6. The van der Waals surface area contributed by atoms with Gasteiger partial charge in [-0.1, -0.05) is 11.6 Å². The lowest BCUT2D eigenvalue weighted by Crippen LogP contribution is -2.13. The van der Waals surface area contributed by atoms with Crippen LogP contribution in [-0.2, 0) is 6.54 Å². The van der Waals surface area contributed by atoms with Gasteiger partial charge in [0.15, 0.2) is 5.82 Å². The molecule has 0 aliphatic heterocycles. The second-order valence-electron chi connectivity index (χ2n) is 3.58. The summed E-state index contributed by atoms with van der Waals surface area (Å²) in [6.07, 6.45) is 6.09. The molecule has 0 unspecified atom stereocenters. The van der Waals surface area contributed by atoms with Crippen molar-refractivity contribution in [3.05, 3.63) is 29.7 Å². The lowest BCUT2D eigenvalue weighted by Gasteiger charge is -2.08.